The van der Waals surface area contributed by atoms with E-state index in [9.17, 15) is 28.7 Å². The Bertz CT molecular complexity index is 1150. The second-order valence-electron chi connectivity index (χ2n) is 8.05. The number of aromatic nitrogens is 2. The van der Waals surface area contributed by atoms with E-state index in [0.717, 1.165) is 9.47 Å². The number of fused-ring (bicyclic) bond motifs is 1. The van der Waals surface area contributed by atoms with Gasteiger partial charge in [-0.1, -0.05) is 12.1 Å². The Morgan fingerprint density at radius 1 is 1.24 bits per heavy atom. The summed E-state index contributed by atoms with van der Waals surface area (Å²) in [5.41, 5.74) is -0.803. The molecule has 3 N–H and O–H groups in total. The van der Waals surface area contributed by atoms with Crippen LogP contribution in [-0.4, -0.2) is 64.6 Å². The number of hydrogen-bond donors (Lipinski definition) is 3. The number of amides is 3. The van der Waals surface area contributed by atoms with Crippen LogP contribution in [0.5, 0.6) is 5.75 Å². The molecule has 2 heterocycles. The van der Waals surface area contributed by atoms with Gasteiger partial charge in [-0.05, 0) is 30.5 Å². The van der Waals surface area contributed by atoms with Crippen molar-refractivity contribution in [3.8, 4) is 5.75 Å². The molecular formula is C22H26FN5O6. The number of rotatable bonds is 5. The van der Waals surface area contributed by atoms with E-state index >= 15 is 0 Å². The number of carbonyl (C=O) groups is 3. The average molecular weight is 475 g/mol. The zero-order valence-electron chi connectivity index (χ0n) is 19.0. The molecule has 1 aliphatic rings. The van der Waals surface area contributed by atoms with Crippen molar-refractivity contribution in [1.82, 2.24) is 25.1 Å². The van der Waals surface area contributed by atoms with Gasteiger partial charge in [0.25, 0.3) is 11.5 Å². The van der Waals surface area contributed by atoms with Crippen molar-refractivity contribution in [3.63, 3.8) is 0 Å². The monoisotopic (exact) mass is 475 g/mol. The molecule has 0 saturated heterocycles. The smallest absolute Gasteiger partial charge is 0.311 e. The molecule has 1 aliphatic heterocycles. The normalized spacial score (nSPS) is 17.3. The number of benzene rings is 1. The van der Waals surface area contributed by atoms with Crippen LogP contribution < -0.4 is 16.2 Å². The van der Waals surface area contributed by atoms with Gasteiger partial charge >= 0.3 is 11.8 Å². The molecular weight excluding hydrogens is 449 g/mol. The molecule has 0 unspecified atom stereocenters. The number of methoxy groups -OCH3 is 1. The van der Waals surface area contributed by atoms with E-state index in [1.54, 1.807) is 0 Å². The third kappa shape index (κ3) is 5.39. The molecule has 1 aromatic heterocycles. The van der Waals surface area contributed by atoms with Gasteiger partial charge in [-0.25, -0.2) is 9.37 Å². The standard InChI is InChI=1S/C22H26FN5O6/c1-27(2)22(33)20(31)25-15-9-8-14(34-3)11-28-18(15)26-16(17(29)21(28)32)19(30)24-10-12-4-6-13(23)7-5-12/h4-7,14-15,29H,8-11H2,1-3H3,(H,24,30)(H,25,31)/t14-,15+/m0/s1. The number of ether oxygens (including phenoxy) is 1. The van der Waals surface area contributed by atoms with E-state index in [0.29, 0.717) is 12.0 Å². The van der Waals surface area contributed by atoms with Crippen LogP contribution in [0, 0.1) is 5.82 Å². The summed E-state index contributed by atoms with van der Waals surface area (Å²) in [6.45, 7) is 0.0403. The summed E-state index contributed by atoms with van der Waals surface area (Å²) in [5, 5.41) is 15.5. The van der Waals surface area contributed by atoms with Gasteiger partial charge in [-0.3, -0.25) is 23.7 Å². The first-order chi connectivity index (χ1) is 16.1. The van der Waals surface area contributed by atoms with Crippen molar-refractivity contribution < 1.29 is 28.6 Å². The third-order valence-corrected chi connectivity index (χ3v) is 5.47. The Morgan fingerprint density at radius 2 is 1.91 bits per heavy atom. The Morgan fingerprint density at radius 3 is 2.53 bits per heavy atom. The Hall–Kier alpha value is -3.80. The minimum Gasteiger partial charge on any atom is -0.501 e. The van der Waals surface area contributed by atoms with Crippen LogP contribution >= 0.6 is 0 Å². The third-order valence-electron chi connectivity index (χ3n) is 5.47. The van der Waals surface area contributed by atoms with Crippen molar-refractivity contribution in [2.75, 3.05) is 21.2 Å². The number of halogens is 1. The molecule has 3 amide bonds. The van der Waals surface area contributed by atoms with Gasteiger partial charge in [-0.2, -0.15) is 0 Å². The lowest BCUT2D eigenvalue weighted by molar-refractivity contribution is -0.144. The van der Waals surface area contributed by atoms with E-state index < -0.39 is 52.7 Å². The van der Waals surface area contributed by atoms with E-state index in [2.05, 4.69) is 15.6 Å². The summed E-state index contributed by atoms with van der Waals surface area (Å²) < 4.78 is 19.6. The number of aromatic hydroxyl groups is 1. The highest BCUT2D eigenvalue weighted by Crippen LogP contribution is 2.25. The average Bonchev–Trinajstić information content (AvgIpc) is 2.99. The van der Waals surface area contributed by atoms with E-state index in [-0.39, 0.29) is 25.3 Å². The molecule has 0 fully saturated rings. The van der Waals surface area contributed by atoms with E-state index in [4.69, 9.17) is 4.74 Å². The lowest BCUT2D eigenvalue weighted by Crippen LogP contribution is -2.42. The lowest BCUT2D eigenvalue weighted by atomic mass is 10.1. The summed E-state index contributed by atoms with van der Waals surface area (Å²) in [6.07, 6.45) is 0.286. The van der Waals surface area contributed by atoms with Crippen molar-refractivity contribution in [3.05, 3.63) is 57.5 Å². The minimum absolute atomic E-state index is 0.00189. The zero-order valence-corrected chi connectivity index (χ0v) is 19.0. The fourth-order valence-electron chi connectivity index (χ4n) is 3.56. The molecule has 1 aromatic carbocycles. The van der Waals surface area contributed by atoms with Gasteiger partial charge in [-0.15, -0.1) is 0 Å². The van der Waals surface area contributed by atoms with Crippen LogP contribution in [0.15, 0.2) is 29.1 Å². The van der Waals surface area contributed by atoms with Gasteiger partial charge in [0.05, 0.1) is 18.7 Å². The highest BCUT2D eigenvalue weighted by atomic mass is 19.1. The second-order valence-corrected chi connectivity index (χ2v) is 8.05. The summed E-state index contributed by atoms with van der Waals surface area (Å²) >= 11 is 0. The molecule has 0 radical (unpaired) electrons. The quantitative estimate of drug-likeness (QED) is 0.520. The molecule has 12 heteroatoms. The molecule has 182 valence electrons. The number of likely N-dealkylation sites (N-methyl/N-ethyl adjacent to an activating group) is 1. The maximum Gasteiger partial charge on any atom is 0.311 e. The highest BCUT2D eigenvalue weighted by molar-refractivity contribution is 6.34. The number of nitrogens with zero attached hydrogens (tertiary/aromatic N) is 3. The largest absolute Gasteiger partial charge is 0.501 e. The lowest BCUT2D eigenvalue weighted by Gasteiger charge is -2.20. The van der Waals surface area contributed by atoms with E-state index in [1.807, 2.05) is 0 Å². The number of carbonyl (C=O) groups excluding carboxylic acids is 3. The van der Waals surface area contributed by atoms with Crippen molar-refractivity contribution >= 4 is 17.7 Å². The topological polar surface area (TPSA) is 143 Å². The van der Waals surface area contributed by atoms with Crippen molar-refractivity contribution in [2.24, 2.45) is 0 Å². The molecule has 0 aliphatic carbocycles. The van der Waals surface area contributed by atoms with Crippen LogP contribution in [-0.2, 0) is 27.4 Å². The van der Waals surface area contributed by atoms with Crippen molar-refractivity contribution in [2.45, 2.75) is 38.1 Å². The Kier molecular flexibility index (Phi) is 7.61. The van der Waals surface area contributed by atoms with Gasteiger partial charge < -0.3 is 25.4 Å². The predicted molar refractivity (Wildman–Crippen MR) is 117 cm³/mol. The summed E-state index contributed by atoms with van der Waals surface area (Å²) in [4.78, 5) is 55.4. The molecule has 2 aromatic rings. The molecule has 2 atom stereocenters. The highest BCUT2D eigenvalue weighted by Gasteiger charge is 2.32. The maximum absolute atomic E-state index is 13.1. The van der Waals surface area contributed by atoms with Crippen LogP contribution in [0.25, 0.3) is 0 Å². The van der Waals surface area contributed by atoms with Gasteiger partial charge in [0.1, 0.15) is 11.6 Å². The van der Waals surface area contributed by atoms with Crippen molar-refractivity contribution in [1.29, 1.82) is 0 Å². The minimum atomic E-state index is -0.901. The number of nitrogens with one attached hydrogen (secondary N) is 2. The van der Waals surface area contributed by atoms with Crippen LogP contribution in [0.4, 0.5) is 4.39 Å². The molecule has 34 heavy (non-hydrogen) atoms. The van der Waals surface area contributed by atoms with E-state index in [1.165, 1.54) is 45.5 Å². The first-order valence-electron chi connectivity index (χ1n) is 10.5. The second kappa shape index (κ2) is 10.4. The molecule has 0 spiro atoms. The van der Waals surface area contributed by atoms with Gasteiger partial charge in [0.15, 0.2) is 5.69 Å². The molecule has 0 bridgehead atoms. The first-order valence-corrected chi connectivity index (χ1v) is 10.5. The van der Waals surface area contributed by atoms with Gasteiger partial charge in [0.2, 0.25) is 5.75 Å². The summed E-state index contributed by atoms with van der Waals surface area (Å²) in [6, 6.07) is 4.55. The molecule has 0 saturated carbocycles. The Balaban J connectivity index is 1.95. The van der Waals surface area contributed by atoms with Crippen LogP contribution in [0.3, 0.4) is 0 Å². The number of hydrogen-bond acceptors (Lipinski definition) is 7. The molecule has 11 nitrogen and oxygen atoms in total. The SMILES string of the molecule is CO[C@H]1CC[C@@H](NC(=O)C(=O)N(C)C)c2nc(C(=O)NCc3ccc(F)cc3)c(O)c(=O)n2C1. The predicted octanol–water partition coefficient (Wildman–Crippen LogP) is 0.0723. The summed E-state index contributed by atoms with van der Waals surface area (Å²) in [7, 11) is 4.32. The van der Waals surface area contributed by atoms with Crippen LogP contribution in [0.1, 0.15) is 40.8 Å². The zero-order chi connectivity index (χ0) is 25.0. The summed E-state index contributed by atoms with van der Waals surface area (Å²) in [5.74, 6) is -3.78. The fraction of sp³-hybridized carbons (Fsp3) is 0.409. The van der Waals surface area contributed by atoms with Gasteiger partial charge in [0, 0.05) is 27.7 Å². The fourth-order valence-corrected chi connectivity index (χ4v) is 3.56. The van der Waals surface area contributed by atoms with Crippen LogP contribution in [0.2, 0.25) is 0 Å². The maximum atomic E-state index is 13.1. The Labute approximate surface area is 194 Å². The molecule has 3 rings (SSSR count). The first kappa shape index (κ1) is 24.8.